The predicted molar refractivity (Wildman–Crippen MR) is 71.0 cm³/mol. The summed E-state index contributed by atoms with van der Waals surface area (Å²) in [5, 5.41) is 0. The number of benzene rings is 1. The second kappa shape index (κ2) is 5.91. The van der Waals surface area contributed by atoms with Crippen LogP contribution >= 0.6 is 0 Å². The van der Waals surface area contributed by atoms with Crippen LogP contribution in [0.2, 0.25) is 0 Å². The molecular formula is C14H15N3O. The Morgan fingerprint density at radius 1 is 1.28 bits per heavy atom. The zero-order valence-electron chi connectivity index (χ0n) is 10.4. The Morgan fingerprint density at radius 2 is 2.11 bits per heavy atom. The summed E-state index contributed by atoms with van der Waals surface area (Å²) in [6.07, 6.45) is 6.69. The minimum Gasteiger partial charge on any atom is -0.496 e. The molecule has 2 rings (SSSR count). The van der Waals surface area contributed by atoms with Gasteiger partial charge in [0.2, 0.25) is 0 Å². The second-order valence-electron chi connectivity index (χ2n) is 3.83. The first-order valence-corrected chi connectivity index (χ1v) is 5.73. The molecule has 2 aromatic rings. The fraction of sp³-hybridized carbons (Fsp3) is 0.214. The lowest BCUT2D eigenvalue weighted by Crippen LogP contribution is -1.96. The summed E-state index contributed by atoms with van der Waals surface area (Å²) in [6.45, 7) is 2.02. The van der Waals surface area contributed by atoms with Crippen LogP contribution in [0.1, 0.15) is 24.2 Å². The summed E-state index contributed by atoms with van der Waals surface area (Å²) in [5.74, 6) is 0.848. The van der Waals surface area contributed by atoms with Gasteiger partial charge in [-0.25, -0.2) is 0 Å². The summed E-state index contributed by atoms with van der Waals surface area (Å²) in [4.78, 5) is 12.6. The van der Waals surface area contributed by atoms with Crippen molar-refractivity contribution in [3.63, 3.8) is 0 Å². The van der Waals surface area contributed by atoms with Gasteiger partial charge in [0, 0.05) is 24.2 Å². The van der Waals surface area contributed by atoms with E-state index in [0.29, 0.717) is 0 Å². The number of aromatic nitrogens is 2. The normalized spacial score (nSPS) is 12.6. The third-order valence-corrected chi connectivity index (χ3v) is 2.60. The first-order valence-electron chi connectivity index (χ1n) is 5.73. The Morgan fingerprint density at radius 3 is 2.83 bits per heavy atom. The number of nitrogens with zero attached hydrogens (tertiary/aromatic N) is 3. The molecule has 0 saturated heterocycles. The van der Waals surface area contributed by atoms with Gasteiger partial charge in [-0.05, 0) is 13.0 Å². The Bertz CT molecular complexity index is 526. The molecule has 1 unspecified atom stereocenters. The average Bonchev–Trinajstić information content (AvgIpc) is 2.45. The van der Waals surface area contributed by atoms with E-state index in [0.717, 1.165) is 17.0 Å². The molecule has 1 heterocycles. The van der Waals surface area contributed by atoms with Gasteiger partial charge in [0.1, 0.15) is 5.75 Å². The molecule has 1 aromatic heterocycles. The molecule has 4 nitrogen and oxygen atoms in total. The van der Waals surface area contributed by atoms with E-state index in [1.54, 1.807) is 31.9 Å². The summed E-state index contributed by atoms with van der Waals surface area (Å²) in [6, 6.07) is 7.89. The van der Waals surface area contributed by atoms with Gasteiger partial charge in [-0.3, -0.25) is 15.0 Å². The Kier molecular flexibility index (Phi) is 4.02. The lowest BCUT2D eigenvalue weighted by Gasteiger charge is -2.11. The quantitative estimate of drug-likeness (QED) is 0.773. The van der Waals surface area contributed by atoms with Crippen molar-refractivity contribution in [3.05, 3.63) is 54.1 Å². The Labute approximate surface area is 106 Å². The lowest BCUT2D eigenvalue weighted by atomic mass is 10.1. The summed E-state index contributed by atoms with van der Waals surface area (Å²) in [5.41, 5.74) is 1.80. The van der Waals surface area contributed by atoms with E-state index in [9.17, 15) is 0 Å². The van der Waals surface area contributed by atoms with Gasteiger partial charge in [0.25, 0.3) is 0 Å². The van der Waals surface area contributed by atoms with Crippen molar-refractivity contribution in [2.24, 2.45) is 4.99 Å². The smallest absolute Gasteiger partial charge is 0.124 e. The molecule has 0 aliphatic carbocycles. The number of ether oxygens (including phenoxy) is 1. The highest BCUT2D eigenvalue weighted by Gasteiger charge is 2.08. The predicted octanol–water partition coefficient (Wildman–Crippen LogP) is 2.67. The molecule has 0 N–H and O–H groups in total. The zero-order chi connectivity index (χ0) is 12.8. The molecule has 0 aliphatic heterocycles. The van der Waals surface area contributed by atoms with Crippen LogP contribution in [0.15, 0.2) is 47.8 Å². The van der Waals surface area contributed by atoms with Gasteiger partial charge in [0.05, 0.1) is 25.0 Å². The molecular weight excluding hydrogens is 226 g/mol. The van der Waals surface area contributed by atoms with Crippen LogP contribution < -0.4 is 4.74 Å². The molecule has 92 valence electrons. The fourth-order valence-electron chi connectivity index (χ4n) is 1.66. The van der Waals surface area contributed by atoms with Crippen LogP contribution in [0.4, 0.5) is 0 Å². The van der Waals surface area contributed by atoms with Crippen LogP contribution in [0.25, 0.3) is 0 Å². The van der Waals surface area contributed by atoms with E-state index in [-0.39, 0.29) is 6.04 Å². The Hall–Kier alpha value is -2.23. The van der Waals surface area contributed by atoms with Gasteiger partial charge in [0.15, 0.2) is 0 Å². The minimum absolute atomic E-state index is 0.0168. The van der Waals surface area contributed by atoms with Crippen molar-refractivity contribution in [1.82, 2.24) is 9.97 Å². The second-order valence-corrected chi connectivity index (χ2v) is 3.83. The molecule has 0 saturated carbocycles. The number of methoxy groups -OCH3 is 1. The summed E-state index contributed by atoms with van der Waals surface area (Å²) < 4.78 is 5.32. The van der Waals surface area contributed by atoms with Gasteiger partial charge in [-0.15, -0.1) is 0 Å². The monoisotopic (exact) mass is 241 g/mol. The standard InChI is InChI=1S/C14H15N3O/c1-11(13-5-3-4-6-14(13)18-2)17-10-12-9-15-7-8-16-12/h3-11H,1-2H3. The van der Waals surface area contributed by atoms with Crippen molar-refractivity contribution >= 4 is 6.21 Å². The van der Waals surface area contributed by atoms with Crippen molar-refractivity contribution in [2.45, 2.75) is 13.0 Å². The van der Waals surface area contributed by atoms with Crippen molar-refractivity contribution < 1.29 is 4.74 Å². The van der Waals surface area contributed by atoms with E-state index in [1.807, 2.05) is 31.2 Å². The van der Waals surface area contributed by atoms with Crippen molar-refractivity contribution in [3.8, 4) is 5.75 Å². The zero-order valence-corrected chi connectivity index (χ0v) is 10.4. The maximum atomic E-state index is 5.32. The van der Waals surface area contributed by atoms with Crippen LogP contribution in [-0.2, 0) is 0 Å². The van der Waals surface area contributed by atoms with E-state index < -0.39 is 0 Å². The van der Waals surface area contributed by atoms with Crippen LogP contribution in [0.3, 0.4) is 0 Å². The SMILES string of the molecule is COc1ccccc1C(C)N=Cc1cnccn1. The molecule has 1 atom stereocenters. The van der Waals surface area contributed by atoms with E-state index in [4.69, 9.17) is 4.74 Å². The van der Waals surface area contributed by atoms with Gasteiger partial charge in [-0.2, -0.15) is 0 Å². The molecule has 0 fully saturated rings. The van der Waals surface area contributed by atoms with E-state index in [1.165, 1.54) is 0 Å². The maximum Gasteiger partial charge on any atom is 0.124 e. The third-order valence-electron chi connectivity index (χ3n) is 2.60. The minimum atomic E-state index is 0.0168. The van der Waals surface area contributed by atoms with E-state index >= 15 is 0 Å². The molecule has 0 aliphatic rings. The lowest BCUT2D eigenvalue weighted by molar-refractivity contribution is 0.407. The highest BCUT2D eigenvalue weighted by Crippen LogP contribution is 2.26. The third kappa shape index (κ3) is 2.91. The highest BCUT2D eigenvalue weighted by atomic mass is 16.5. The topological polar surface area (TPSA) is 47.4 Å². The molecule has 0 amide bonds. The molecule has 0 radical (unpaired) electrons. The molecule has 0 spiro atoms. The number of hydrogen-bond donors (Lipinski definition) is 0. The Balaban J connectivity index is 2.17. The van der Waals surface area contributed by atoms with Gasteiger partial charge in [-0.1, -0.05) is 18.2 Å². The number of para-hydroxylation sites is 1. The summed E-state index contributed by atoms with van der Waals surface area (Å²) >= 11 is 0. The number of aliphatic imine (C=N–C) groups is 1. The van der Waals surface area contributed by atoms with Gasteiger partial charge < -0.3 is 4.74 Å². The van der Waals surface area contributed by atoms with Crippen LogP contribution in [0, 0.1) is 0 Å². The largest absolute Gasteiger partial charge is 0.496 e. The van der Waals surface area contributed by atoms with Crippen LogP contribution in [0.5, 0.6) is 5.75 Å². The molecule has 4 heteroatoms. The fourth-order valence-corrected chi connectivity index (χ4v) is 1.66. The number of hydrogen-bond acceptors (Lipinski definition) is 4. The summed E-state index contributed by atoms with van der Waals surface area (Å²) in [7, 11) is 1.66. The highest BCUT2D eigenvalue weighted by molar-refractivity contribution is 5.76. The average molecular weight is 241 g/mol. The first-order chi connectivity index (χ1) is 8.81. The van der Waals surface area contributed by atoms with Gasteiger partial charge >= 0.3 is 0 Å². The van der Waals surface area contributed by atoms with Crippen molar-refractivity contribution in [2.75, 3.05) is 7.11 Å². The van der Waals surface area contributed by atoms with Crippen LogP contribution in [-0.4, -0.2) is 23.3 Å². The maximum absolute atomic E-state index is 5.32. The molecule has 1 aromatic carbocycles. The first kappa shape index (κ1) is 12.2. The number of rotatable bonds is 4. The van der Waals surface area contributed by atoms with E-state index in [2.05, 4.69) is 15.0 Å². The van der Waals surface area contributed by atoms with Crippen molar-refractivity contribution in [1.29, 1.82) is 0 Å². The molecule has 0 bridgehead atoms. The molecule has 18 heavy (non-hydrogen) atoms.